The minimum atomic E-state index is -0.972. The topological polar surface area (TPSA) is 89.9 Å². The van der Waals surface area contributed by atoms with E-state index in [1.54, 1.807) is 6.08 Å². The largest absolute Gasteiger partial charge is 0.458 e. The lowest BCUT2D eigenvalue weighted by molar-refractivity contribution is -0.862. The van der Waals surface area contributed by atoms with Crippen LogP contribution in [0.25, 0.3) is 0 Å². The first-order valence-electron chi connectivity index (χ1n) is 15.8. The van der Waals surface area contributed by atoms with Crippen LogP contribution in [0, 0.1) is 40.4 Å². The van der Waals surface area contributed by atoms with Crippen LogP contribution in [0.15, 0.2) is 11.6 Å². The average Bonchev–Trinajstić information content (AvgIpc) is 3.34. The Balaban J connectivity index is 1.40. The fourth-order valence-corrected chi connectivity index (χ4v) is 10.1. The molecule has 41 heavy (non-hydrogen) atoms. The number of nitrogens with zero attached hydrogens (tertiary/aromatic N) is 2. The predicted molar refractivity (Wildman–Crippen MR) is 155 cm³/mol. The molecule has 5 rings (SSSR count). The van der Waals surface area contributed by atoms with E-state index in [1.165, 1.54) is 0 Å². The Morgan fingerprint density at radius 3 is 2.27 bits per heavy atom. The Kier molecular flexibility index (Phi) is 7.60. The molecular formula is C33H54N2O6+2. The highest BCUT2D eigenvalue weighted by Gasteiger charge is 2.71. The molecule has 0 aromatic carbocycles. The smallest absolute Gasteiger partial charge is 0.362 e. The number of hydrogen-bond acceptors (Lipinski definition) is 6. The highest BCUT2D eigenvalue weighted by atomic mass is 16.5. The minimum absolute atomic E-state index is 0.0270. The Morgan fingerprint density at radius 1 is 0.976 bits per heavy atom. The number of rotatable bonds is 7. The van der Waals surface area contributed by atoms with Gasteiger partial charge in [0.15, 0.2) is 12.3 Å². The molecule has 1 aliphatic heterocycles. The fraction of sp³-hybridized carbons (Fsp3) is 0.848. The highest BCUT2D eigenvalue weighted by molar-refractivity contribution is 5.87. The zero-order valence-electron chi connectivity index (χ0n) is 26.7. The van der Waals surface area contributed by atoms with Gasteiger partial charge in [-0.05, 0) is 80.1 Å². The van der Waals surface area contributed by atoms with E-state index in [0.29, 0.717) is 40.3 Å². The van der Waals surface area contributed by atoms with Crippen LogP contribution < -0.4 is 0 Å². The van der Waals surface area contributed by atoms with Crippen molar-refractivity contribution in [3.63, 3.8) is 0 Å². The molecule has 4 aliphatic carbocycles. The second-order valence-corrected chi connectivity index (χ2v) is 16.7. The Morgan fingerprint density at radius 2 is 1.66 bits per heavy atom. The summed E-state index contributed by atoms with van der Waals surface area (Å²) in [6.45, 7) is 5.61. The van der Waals surface area contributed by atoms with Crippen molar-refractivity contribution in [2.24, 2.45) is 40.4 Å². The van der Waals surface area contributed by atoms with Crippen LogP contribution in [0.4, 0.5) is 0 Å². The molecule has 0 amide bonds. The molecule has 4 fully saturated rings. The third-order valence-corrected chi connectivity index (χ3v) is 11.9. The van der Waals surface area contributed by atoms with Gasteiger partial charge in [-0.15, -0.1) is 0 Å². The second-order valence-electron chi connectivity index (χ2n) is 16.7. The summed E-state index contributed by atoms with van der Waals surface area (Å²) < 4.78 is 12.4. The molecule has 1 N–H and O–H groups in total. The zero-order valence-corrected chi connectivity index (χ0v) is 26.7. The van der Waals surface area contributed by atoms with Crippen LogP contribution in [0.5, 0.6) is 0 Å². The maximum absolute atomic E-state index is 13.9. The molecule has 8 heteroatoms. The van der Waals surface area contributed by atoms with Gasteiger partial charge in [-0.25, -0.2) is 9.59 Å². The summed E-state index contributed by atoms with van der Waals surface area (Å²) in [4.78, 5) is 38.6. The summed E-state index contributed by atoms with van der Waals surface area (Å²) in [5.41, 5.74) is -0.488. The lowest BCUT2D eigenvalue weighted by atomic mass is 9.43. The molecule has 0 aromatic rings. The van der Waals surface area contributed by atoms with Gasteiger partial charge in [0.1, 0.15) is 19.3 Å². The average molecular weight is 575 g/mol. The van der Waals surface area contributed by atoms with Crippen LogP contribution in [-0.2, 0) is 23.9 Å². The van der Waals surface area contributed by atoms with Crippen molar-refractivity contribution in [2.75, 3.05) is 62.0 Å². The van der Waals surface area contributed by atoms with E-state index in [0.717, 1.165) is 50.5 Å². The van der Waals surface area contributed by atoms with E-state index in [4.69, 9.17) is 9.47 Å². The van der Waals surface area contributed by atoms with Crippen LogP contribution >= 0.6 is 0 Å². The number of aliphatic hydroxyl groups is 1. The number of cyclic esters (lactones) is 1. The normalized spacial score (nSPS) is 42.5. The number of carbonyl (C=O) groups excluding carboxylic acids is 3. The lowest BCUT2D eigenvalue weighted by Gasteiger charge is -2.63. The molecule has 0 unspecified atom stereocenters. The molecule has 0 aromatic heterocycles. The van der Waals surface area contributed by atoms with Crippen molar-refractivity contribution >= 4 is 17.7 Å². The van der Waals surface area contributed by atoms with Crippen molar-refractivity contribution < 1.29 is 37.9 Å². The van der Waals surface area contributed by atoms with Gasteiger partial charge in [0.25, 0.3) is 0 Å². The number of Topliss-reactive ketones (excluding diaryl/α,β-unsaturated/α-hetero) is 1. The Hall–Kier alpha value is -1.77. The molecule has 0 saturated heterocycles. The van der Waals surface area contributed by atoms with E-state index >= 15 is 0 Å². The van der Waals surface area contributed by atoms with Crippen molar-refractivity contribution in [3.8, 4) is 0 Å². The number of carbonyl (C=O) groups is 3. The van der Waals surface area contributed by atoms with Gasteiger partial charge in [0, 0.05) is 23.3 Å². The molecule has 230 valence electrons. The summed E-state index contributed by atoms with van der Waals surface area (Å²) in [5.74, 6) is 0.173. The summed E-state index contributed by atoms with van der Waals surface area (Å²) in [6, 6.07) is 0. The molecule has 0 spiro atoms. The third-order valence-electron chi connectivity index (χ3n) is 11.9. The van der Waals surface area contributed by atoms with Crippen molar-refractivity contribution in [1.29, 1.82) is 0 Å². The van der Waals surface area contributed by atoms with E-state index in [1.807, 2.05) is 42.3 Å². The maximum Gasteiger partial charge on any atom is 0.362 e. The molecule has 4 saturated carbocycles. The van der Waals surface area contributed by atoms with Gasteiger partial charge in [-0.3, -0.25) is 4.79 Å². The van der Waals surface area contributed by atoms with Crippen LogP contribution in [-0.4, -0.2) is 105 Å². The standard InChI is InChI=1S/C33H54N2O6/c1-31-13-11-23(41-29(38)19-35(6,7)8)16-22(31)9-10-26-25(31)12-14-32(2)30(21-15-28(37)40-20-21)24(17-33(26,32)39)27(36)18-34(3,4)5/h15,22-26,30,39H,9-14,16-20H2,1-8H3/q+2/t22-,23-,24-,25+,26-,30+,31-,32-,33-/m0/s1. The number of ether oxygens (including phenoxy) is 2. The van der Waals surface area contributed by atoms with Gasteiger partial charge in [0.05, 0.1) is 47.9 Å². The van der Waals surface area contributed by atoms with E-state index in [9.17, 15) is 19.5 Å². The SMILES string of the molecule is C[C@]12CC[C@H](OC(=O)C[N+](C)(C)C)C[C@@H]1CC[C@H]1[C@H]2CC[C@@]2(C)[C@H](C3=CC(=O)OC3)[C@H](C(=O)C[N+](C)(C)C)C[C@]12O. The van der Waals surface area contributed by atoms with Gasteiger partial charge in [0.2, 0.25) is 0 Å². The van der Waals surface area contributed by atoms with Crippen LogP contribution in [0.2, 0.25) is 0 Å². The number of fused-ring (bicyclic) bond motifs is 5. The Labute approximate surface area is 246 Å². The maximum atomic E-state index is 13.9. The van der Waals surface area contributed by atoms with Gasteiger partial charge in [-0.1, -0.05) is 13.8 Å². The summed E-state index contributed by atoms with van der Waals surface area (Å²) in [7, 11) is 12.1. The minimum Gasteiger partial charge on any atom is -0.458 e. The van der Waals surface area contributed by atoms with Crippen LogP contribution in [0.3, 0.4) is 0 Å². The molecule has 5 aliphatic rings. The number of ketones is 1. The summed E-state index contributed by atoms with van der Waals surface area (Å²) in [6.07, 6.45) is 8.57. The number of hydrogen-bond donors (Lipinski definition) is 1. The third kappa shape index (κ3) is 5.42. The molecule has 1 heterocycles. The second kappa shape index (κ2) is 10.2. The number of likely N-dealkylation sites (N-methyl/N-ethyl adjacent to an activating group) is 2. The van der Waals surface area contributed by atoms with E-state index in [-0.39, 0.29) is 53.6 Å². The lowest BCUT2D eigenvalue weighted by Crippen LogP contribution is -2.62. The molecule has 0 radical (unpaired) electrons. The molecule has 0 bridgehead atoms. The highest BCUT2D eigenvalue weighted by Crippen LogP contribution is 2.71. The summed E-state index contributed by atoms with van der Waals surface area (Å²) in [5, 5.41) is 12.9. The first-order valence-corrected chi connectivity index (χ1v) is 15.8. The van der Waals surface area contributed by atoms with E-state index < -0.39 is 11.0 Å². The number of esters is 2. The quantitative estimate of drug-likeness (QED) is 0.371. The van der Waals surface area contributed by atoms with Gasteiger partial charge >= 0.3 is 11.9 Å². The first kappa shape index (κ1) is 30.7. The monoisotopic (exact) mass is 574 g/mol. The first-order chi connectivity index (χ1) is 18.9. The molecular weight excluding hydrogens is 520 g/mol. The van der Waals surface area contributed by atoms with Crippen molar-refractivity contribution in [2.45, 2.75) is 76.9 Å². The fourth-order valence-electron chi connectivity index (χ4n) is 10.1. The molecule has 9 atom stereocenters. The van der Waals surface area contributed by atoms with E-state index in [2.05, 4.69) is 13.8 Å². The van der Waals surface area contributed by atoms with Gasteiger partial charge < -0.3 is 23.5 Å². The zero-order chi connectivity index (χ0) is 30.2. The van der Waals surface area contributed by atoms with Crippen LogP contribution in [0.1, 0.15) is 65.2 Å². The summed E-state index contributed by atoms with van der Waals surface area (Å²) >= 11 is 0. The van der Waals surface area contributed by atoms with Gasteiger partial charge in [-0.2, -0.15) is 0 Å². The number of quaternary nitrogens is 2. The van der Waals surface area contributed by atoms with Crippen molar-refractivity contribution in [1.82, 2.24) is 0 Å². The Bertz CT molecular complexity index is 1120. The van der Waals surface area contributed by atoms with Crippen molar-refractivity contribution in [3.05, 3.63) is 11.6 Å². The molecule has 8 nitrogen and oxygen atoms in total. The predicted octanol–water partition coefficient (Wildman–Crippen LogP) is 3.36.